The summed E-state index contributed by atoms with van der Waals surface area (Å²) in [4.78, 5) is 18.3. The number of hydrogen-bond acceptors (Lipinski definition) is 3. The second kappa shape index (κ2) is 8.89. The van der Waals surface area contributed by atoms with E-state index in [-0.39, 0.29) is 11.4 Å². The number of halogens is 6. The number of alkyl halides is 3. The lowest BCUT2D eigenvalue weighted by Gasteiger charge is -2.28. The molecular weight excluding hydrogens is 500 g/mol. The largest absolute Gasteiger partial charge is 0.507 e. The molecule has 1 aliphatic rings. The van der Waals surface area contributed by atoms with E-state index in [1.165, 1.54) is 0 Å². The SMILES string of the molecule is O=C(Cl)N1C(c2ccc(C(F)(F)F)cc2O)=NC(c2ccc(Cl)cc2)C1c1ccc(Cl)cc1. The monoisotopic (exact) mass is 512 g/mol. The maximum Gasteiger partial charge on any atom is 0.416 e. The van der Waals surface area contributed by atoms with Crippen LogP contribution in [0.1, 0.15) is 34.3 Å². The van der Waals surface area contributed by atoms with E-state index in [2.05, 4.69) is 4.99 Å². The van der Waals surface area contributed by atoms with Crippen molar-refractivity contribution in [3.05, 3.63) is 99.0 Å². The molecule has 0 spiro atoms. The van der Waals surface area contributed by atoms with E-state index in [9.17, 15) is 23.1 Å². The Hall–Kier alpha value is -2.74. The highest BCUT2D eigenvalue weighted by Gasteiger charge is 2.43. The fourth-order valence-corrected chi connectivity index (χ4v) is 4.17. The standard InChI is InChI=1S/C23H14Cl3F3N2O2/c24-15-6-1-12(2-7-15)19-20(13-3-8-16(25)9-4-13)31(22(26)33)21(30-19)17-10-5-14(11-18(17)32)23(27,28)29/h1-11,19-20,32H. The molecule has 3 aromatic carbocycles. The number of carbonyl (C=O) groups excluding carboxylic acids is 1. The second-order valence-corrected chi connectivity index (χ2v) is 8.49. The van der Waals surface area contributed by atoms with Crippen molar-refractivity contribution >= 4 is 46.0 Å². The fourth-order valence-electron chi connectivity index (χ4n) is 3.73. The van der Waals surface area contributed by atoms with Gasteiger partial charge in [0.1, 0.15) is 17.6 Å². The first kappa shape index (κ1) is 23.4. The molecule has 33 heavy (non-hydrogen) atoms. The van der Waals surface area contributed by atoms with Gasteiger partial charge in [-0.3, -0.25) is 14.7 Å². The smallest absolute Gasteiger partial charge is 0.416 e. The molecule has 2 unspecified atom stereocenters. The first-order chi connectivity index (χ1) is 15.6. The van der Waals surface area contributed by atoms with E-state index >= 15 is 0 Å². The lowest BCUT2D eigenvalue weighted by molar-refractivity contribution is -0.137. The van der Waals surface area contributed by atoms with Crippen molar-refractivity contribution in [3.63, 3.8) is 0 Å². The highest BCUT2D eigenvalue weighted by Crippen LogP contribution is 2.45. The normalized spacial score (nSPS) is 18.4. The zero-order valence-electron chi connectivity index (χ0n) is 16.5. The molecule has 0 radical (unpaired) electrons. The molecule has 0 aromatic heterocycles. The number of amides is 1. The van der Waals surface area contributed by atoms with Gasteiger partial charge in [0.15, 0.2) is 0 Å². The molecule has 1 N–H and O–H groups in total. The van der Waals surface area contributed by atoms with Crippen LogP contribution in [0.4, 0.5) is 18.0 Å². The van der Waals surface area contributed by atoms with Crippen LogP contribution in [0, 0.1) is 0 Å². The summed E-state index contributed by atoms with van der Waals surface area (Å²) in [5.74, 6) is -0.737. The molecule has 1 amide bonds. The maximum absolute atomic E-state index is 13.1. The molecule has 1 aliphatic heterocycles. The predicted molar refractivity (Wildman–Crippen MR) is 121 cm³/mol. The van der Waals surface area contributed by atoms with E-state index in [0.29, 0.717) is 27.2 Å². The summed E-state index contributed by atoms with van der Waals surface area (Å²) in [6, 6.07) is 14.5. The second-order valence-electron chi connectivity index (χ2n) is 7.30. The van der Waals surface area contributed by atoms with Gasteiger partial charge in [-0.15, -0.1) is 0 Å². The van der Waals surface area contributed by atoms with Crippen LogP contribution in [0.5, 0.6) is 5.75 Å². The Labute approximate surface area is 201 Å². The number of phenols is 1. The van der Waals surface area contributed by atoms with Crippen LogP contribution in [-0.2, 0) is 6.18 Å². The Morgan fingerprint density at radius 3 is 1.94 bits per heavy atom. The third-order valence-corrected chi connectivity index (χ3v) is 5.93. The van der Waals surface area contributed by atoms with E-state index < -0.39 is 34.9 Å². The molecule has 0 aliphatic carbocycles. The van der Waals surface area contributed by atoms with Gasteiger partial charge in [0, 0.05) is 10.0 Å². The molecule has 0 bridgehead atoms. The van der Waals surface area contributed by atoms with Gasteiger partial charge in [-0.25, -0.2) is 0 Å². The topological polar surface area (TPSA) is 52.9 Å². The Bertz CT molecular complexity index is 1230. The van der Waals surface area contributed by atoms with Gasteiger partial charge in [0.25, 0.3) is 0 Å². The van der Waals surface area contributed by atoms with Crippen LogP contribution in [0.3, 0.4) is 0 Å². The summed E-state index contributed by atoms with van der Waals surface area (Å²) in [6.07, 6.45) is -4.65. The van der Waals surface area contributed by atoms with Crippen molar-refractivity contribution in [3.8, 4) is 5.75 Å². The number of carbonyl (C=O) groups is 1. The molecule has 4 nitrogen and oxygen atoms in total. The lowest BCUT2D eigenvalue weighted by atomic mass is 9.94. The Balaban J connectivity index is 1.88. The number of nitrogens with zero attached hydrogens (tertiary/aromatic N) is 2. The lowest BCUT2D eigenvalue weighted by Crippen LogP contribution is -2.34. The van der Waals surface area contributed by atoms with Crippen molar-refractivity contribution in [2.45, 2.75) is 18.3 Å². The van der Waals surface area contributed by atoms with Crippen molar-refractivity contribution in [1.82, 2.24) is 4.90 Å². The highest BCUT2D eigenvalue weighted by atomic mass is 35.5. The Kier molecular flexibility index (Phi) is 6.31. The molecule has 0 saturated carbocycles. The molecule has 0 saturated heterocycles. The predicted octanol–water partition coefficient (Wildman–Crippen LogP) is 7.62. The van der Waals surface area contributed by atoms with Crippen LogP contribution in [-0.4, -0.2) is 21.2 Å². The van der Waals surface area contributed by atoms with Gasteiger partial charge in [-0.1, -0.05) is 47.5 Å². The van der Waals surface area contributed by atoms with E-state index in [1.807, 2.05) is 0 Å². The minimum Gasteiger partial charge on any atom is -0.507 e. The minimum absolute atomic E-state index is 0.0545. The van der Waals surface area contributed by atoms with Gasteiger partial charge in [-0.05, 0) is 65.2 Å². The van der Waals surface area contributed by atoms with Crippen molar-refractivity contribution < 1.29 is 23.1 Å². The van der Waals surface area contributed by atoms with Crippen LogP contribution >= 0.6 is 34.8 Å². The summed E-state index contributed by atoms with van der Waals surface area (Å²) < 4.78 is 39.2. The number of aromatic hydroxyl groups is 1. The fraction of sp³-hybridized carbons (Fsp3) is 0.130. The number of aliphatic imine (C=N–C) groups is 1. The molecule has 3 aromatic rings. The van der Waals surface area contributed by atoms with E-state index in [1.54, 1.807) is 48.5 Å². The number of rotatable bonds is 3. The van der Waals surface area contributed by atoms with Gasteiger partial charge in [0.2, 0.25) is 0 Å². The zero-order valence-corrected chi connectivity index (χ0v) is 18.8. The third kappa shape index (κ3) is 4.67. The van der Waals surface area contributed by atoms with E-state index in [4.69, 9.17) is 34.8 Å². The summed E-state index contributed by atoms with van der Waals surface area (Å²) in [6.45, 7) is 0. The van der Waals surface area contributed by atoms with Crippen molar-refractivity contribution in [2.75, 3.05) is 0 Å². The van der Waals surface area contributed by atoms with Gasteiger partial charge in [-0.2, -0.15) is 13.2 Å². The third-order valence-electron chi connectivity index (χ3n) is 5.25. The Morgan fingerprint density at radius 2 is 1.45 bits per heavy atom. The maximum atomic E-state index is 13.1. The summed E-state index contributed by atoms with van der Waals surface area (Å²) in [5.41, 5.74) is 0.226. The molecule has 0 fully saturated rings. The van der Waals surface area contributed by atoms with Crippen molar-refractivity contribution in [2.24, 2.45) is 4.99 Å². The van der Waals surface area contributed by atoms with Crippen LogP contribution < -0.4 is 0 Å². The summed E-state index contributed by atoms with van der Waals surface area (Å²) >= 11 is 18.0. The summed E-state index contributed by atoms with van der Waals surface area (Å²) in [7, 11) is 0. The van der Waals surface area contributed by atoms with Crippen molar-refractivity contribution in [1.29, 1.82) is 0 Å². The number of hydrogen-bond donors (Lipinski definition) is 1. The first-order valence-electron chi connectivity index (χ1n) is 9.54. The average Bonchev–Trinajstić information content (AvgIpc) is 3.14. The molecule has 1 heterocycles. The minimum atomic E-state index is -4.65. The molecule has 4 rings (SSSR count). The first-order valence-corrected chi connectivity index (χ1v) is 10.7. The molecule has 10 heteroatoms. The quantitative estimate of drug-likeness (QED) is 0.289. The van der Waals surface area contributed by atoms with Gasteiger partial charge < -0.3 is 5.11 Å². The molecular formula is C23H14Cl3F3N2O2. The highest BCUT2D eigenvalue weighted by molar-refractivity contribution is 6.64. The van der Waals surface area contributed by atoms with Gasteiger partial charge >= 0.3 is 11.5 Å². The number of amidine groups is 1. The summed E-state index contributed by atoms with van der Waals surface area (Å²) in [5, 5.41) is 10.5. The van der Waals surface area contributed by atoms with Crippen LogP contribution in [0.25, 0.3) is 0 Å². The van der Waals surface area contributed by atoms with Crippen LogP contribution in [0.15, 0.2) is 71.7 Å². The van der Waals surface area contributed by atoms with Gasteiger partial charge in [0.05, 0.1) is 17.2 Å². The zero-order chi connectivity index (χ0) is 23.9. The average molecular weight is 514 g/mol. The van der Waals surface area contributed by atoms with E-state index in [0.717, 1.165) is 17.0 Å². The number of phenolic OH excluding ortho intramolecular Hbond substituents is 1. The number of benzene rings is 3. The molecule has 170 valence electrons. The molecule has 2 atom stereocenters. The Morgan fingerprint density at radius 1 is 0.909 bits per heavy atom. The van der Waals surface area contributed by atoms with Crippen LogP contribution in [0.2, 0.25) is 10.0 Å².